The number of fused-ring (bicyclic) bond motifs is 2. The Morgan fingerprint density at radius 3 is 2.72 bits per heavy atom. The summed E-state index contributed by atoms with van der Waals surface area (Å²) >= 11 is 0. The number of nitrogens with one attached hydrogen (secondary N) is 1. The van der Waals surface area contributed by atoms with E-state index in [2.05, 4.69) is 34.7 Å². The van der Waals surface area contributed by atoms with Crippen LogP contribution in [0.25, 0.3) is 0 Å². The molecule has 1 spiro atoms. The molecule has 0 amide bonds. The number of hydrogen-bond donors (Lipinski definition) is 1. The minimum Gasteiger partial charge on any atom is -0.317 e. The van der Waals surface area contributed by atoms with E-state index in [1.165, 1.54) is 16.8 Å². The molecule has 2 aliphatic rings. The molecule has 1 fully saturated rings. The van der Waals surface area contributed by atoms with Gasteiger partial charge in [-0.3, -0.25) is 4.31 Å². The van der Waals surface area contributed by atoms with Gasteiger partial charge in [-0.1, -0.05) is 12.1 Å². The van der Waals surface area contributed by atoms with E-state index in [1.54, 1.807) is 6.26 Å². The Labute approximate surface area is 111 Å². The molecule has 3 nitrogen and oxygen atoms in total. The summed E-state index contributed by atoms with van der Waals surface area (Å²) in [5.74, 6) is 0. The molecule has 3 rings (SSSR count). The van der Waals surface area contributed by atoms with Crippen LogP contribution >= 0.6 is 0 Å². The average molecular weight is 264 g/mol. The molecular weight excluding hydrogens is 244 g/mol. The molecule has 0 saturated carbocycles. The van der Waals surface area contributed by atoms with Crippen molar-refractivity contribution in [3.63, 3.8) is 0 Å². The van der Waals surface area contributed by atoms with Crippen molar-refractivity contribution in [2.75, 3.05) is 30.2 Å². The second-order valence-electron chi connectivity index (χ2n) is 5.51. The van der Waals surface area contributed by atoms with Crippen LogP contribution in [0.3, 0.4) is 0 Å². The van der Waals surface area contributed by atoms with Gasteiger partial charge >= 0.3 is 0 Å². The fourth-order valence-electron chi connectivity index (χ4n) is 3.30. The van der Waals surface area contributed by atoms with Crippen LogP contribution in [-0.4, -0.2) is 30.1 Å². The average Bonchev–Trinajstić information content (AvgIpc) is 2.65. The van der Waals surface area contributed by atoms with Crippen LogP contribution in [0.5, 0.6) is 0 Å². The third-order valence-electron chi connectivity index (χ3n) is 4.31. The first-order valence-corrected chi connectivity index (χ1v) is 8.07. The number of aryl methyl sites for hydroxylation is 1. The fourth-order valence-corrected chi connectivity index (χ4v) is 4.16. The molecule has 0 aromatic heterocycles. The third kappa shape index (κ3) is 1.79. The van der Waals surface area contributed by atoms with Crippen molar-refractivity contribution in [3.8, 4) is 0 Å². The zero-order chi connectivity index (χ0) is 12.8. The van der Waals surface area contributed by atoms with Crippen LogP contribution in [0.4, 0.5) is 5.69 Å². The molecule has 1 unspecified atom stereocenters. The predicted octanol–water partition coefficient (Wildman–Crippen LogP) is 1.73. The Hall–Kier alpha value is -0.870. The maximum atomic E-state index is 12.0. The molecule has 1 aromatic rings. The summed E-state index contributed by atoms with van der Waals surface area (Å²) in [5, 5.41) is 3.43. The molecule has 2 heterocycles. The molecule has 1 atom stereocenters. The molecule has 2 aliphatic heterocycles. The van der Waals surface area contributed by atoms with Crippen molar-refractivity contribution in [1.29, 1.82) is 0 Å². The maximum Gasteiger partial charge on any atom is 0.116 e. The summed E-state index contributed by atoms with van der Waals surface area (Å²) in [6.07, 6.45) is 4.08. The van der Waals surface area contributed by atoms with Gasteiger partial charge in [0, 0.05) is 18.2 Å². The molecule has 18 heavy (non-hydrogen) atoms. The van der Waals surface area contributed by atoms with E-state index >= 15 is 0 Å². The first-order valence-electron chi connectivity index (χ1n) is 6.55. The highest BCUT2D eigenvalue weighted by Gasteiger charge is 2.44. The Balaban J connectivity index is 2.10. The van der Waals surface area contributed by atoms with Crippen molar-refractivity contribution in [2.24, 2.45) is 0 Å². The van der Waals surface area contributed by atoms with E-state index in [1.807, 2.05) is 0 Å². The monoisotopic (exact) mass is 264 g/mol. The molecule has 1 aromatic carbocycles. The number of anilines is 1. The number of rotatable bonds is 1. The predicted molar refractivity (Wildman–Crippen MR) is 76.4 cm³/mol. The maximum absolute atomic E-state index is 12.0. The van der Waals surface area contributed by atoms with Crippen LogP contribution in [-0.2, 0) is 16.4 Å². The van der Waals surface area contributed by atoms with E-state index in [0.717, 1.165) is 32.5 Å². The summed E-state index contributed by atoms with van der Waals surface area (Å²) in [7, 11) is -0.925. The van der Waals surface area contributed by atoms with E-state index in [9.17, 15) is 4.21 Å². The zero-order valence-corrected chi connectivity index (χ0v) is 11.8. The molecule has 98 valence electrons. The highest BCUT2D eigenvalue weighted by atomic mass is 32.2. The van der Waals surface area contributed by atoms with Crippen molar-refractivity contribution in [2.45, 2.75) is 25.2 Å². The highest BCUT2D eigenvalue weighted by molar-refractivity contribution is 7.85. The van der Waals surface area contributed by atoms with Crippen LogP contribution in [0.2, 0.25) is 0 Å². The van der Waals surface area contributed by atoms with Gasteiger partial charge in [-0.2, -0.15) is 0 Å². The Bertz CT molecular complexity index is 495. The van der Waals surface area contributed by atoms with Gasteiger partial charge in [-0.25, -0.2) is 4.21 Å². The lowest BCUT2D eigenvalue weighted by Gasteiger charge is -2.34. The zero-order valence-electron chi connectivity index (χ0n) is 11.0. The third-order valence-corrected chi connectivity index (χ3v) is 5.26. The standard InChI is InChI=1S/C14H20N2OS/c1-11-3-4-12-13(9-11)16(18(2)17)10-14(12)5-7-15-8-6-14/h3-4,9,15H,5-8,10H2,1-2H3. The van der Waals surface area contributed by atoms with Gasteiger partial charge in [0.05, 0.1) is 5.69 Å². The van der Waals surface area contributed by atoms with Gasteiger partial charge in [0.15, 0.2) is 0 Å². The first-order chi connectivity index (χ1) is 8.62. The fraction of sp³-hybridized carbons (Fsp3) is 0.571. The topological polar surface area (TPSA) is 32.3 Å². The van der Waals surface area contributed by atoms with E-state index in [-0.39, 0.29) is 5.41 Å². The van der Waals surface area contributed by atoms with Gasteiger partial charge in [0.1, 0.15) is 11.0 Å². The molecular formula is C14H20N2OS. The van der Waals surface area contributed by atoms with Gasteiger partial charge in [-0.05, 0) is 50.0 Å². The largest absolute Gasteiger partial charge is 0.317 e. The number of hydrogen-bond acceptors (Lipinski definition) is 2. The summed E-state index contributed by atoms with van der Waals surface area (Å²) < 4.78 is 14.0. The molecule has 1 saturated heterocycles. The van der Waals surface area contributed by atoms with Crippen LogP contribution in [0, 0.1) is 6.92 Å². The van der Waals surface area contributed by atoms with Crippen molar-refractivity contribution in [3.05, 3.63) is 29.3 Å². The first kappa shape index (κ1) is 12.2. The summed E-state index contributed by atoms with van der Waals surface area (Å²) in [4.78, 5) is 0. The van der Waals surface area contributed by atoms with Crippen LogP contribution in [0.15, 0.2) is 18.2 Å². The van der Waals surface area contributed by atoms with Gasteiger partial charge in [0.2, 0.25) is 0 Å². The van der Waals surface area contributed by atoms with E-state index in [0.29, 0.717) is 0 Å². The molecule has 0 radical (unpaired) electrons. The van der Waals surface area contributed by atoms with Crippen LogP contribution in [0.1, 0.15) is 24.0 Å². The minimum atomic E-state index is -0.925. The van der Waals surface area contributed by atoms with E-state index < -0.39 is 11.0 Å². The normalized spacial score (nSPS) is 23.1. The molecule has 1 N–H and O–H groups in total. The number of benzene rings is 1. The van der Waals surface area contributed by atoms with Crippen LogP contribution < -0.4 is 9.62 Å². The summed E-state index contributed by atoms with van der Waals surface area (Å²) in [6, 6.07) is 6.63. The SMILES string of the molecule is Cc1ccc2c(c1)N(S(C)=O)CC21CCNCC1. The lowest BCUT2D eigenvalue weighted by Crippen LogP contribution is -2.43. The lowest BCUT2D eigenvalue weighted by molar-refractivity contribution is 0.331. The molecule has 0 aliphatic carbocycles. The summed E-state index contributed by atoms with van der Waals surface area (Å²) in [6.45, 7) is 5.15. The quantitative estimate of drug-likeness (QED) is 0.838. The smallest absolute Gasteiger partial charge is 0.116 e. The second-order valence-corrected chi connectivity index (χ2v) is 6.80. The van der Waals surface area contributed by atoms with Gasteiger partial charge < -0.3 is 5.32 Å². The van der Waals surface area contributed by atoms with E-state index in [4.69, 9.17) is 0 Å². The second kappa shape index (κ2) is 4.35. The number of nitrogens with zero attached hydrogens (tertiary/aromatic N) is 1. The lowest BCUT2D eigenvalue weighted by atomic mass is 9.75. The van der Waals surface area contributed by atoms with Crippen molar-refractivity contribution < 1.29 is 4.21 Å². The Morgan fingerprint density at radius 1 is 1.33 bits per heavy atom. The number of piperidine rings is 1. The highest BCUT2D eigenvalue weighted by Crippen LogP contribution is 2.46. The Kier molecular flexibility index (Phi) is 2.94. The minimum absolute atomic E-state index is 0.222. The molecule has 0 bridgehead atoms. The Morgan fingerprint density at radius 2 is 2.06 bits per heavy atom. The van der Waals surface area contributed by atoms with Gasteiger partial charge in [-0.15, -0.1) is 0 Å². The van der Waals surface area contributed by atoms with Gasteiger partial charge in [0.25, 0.3) is 0 Å². The van der Waals surface area contributed by atoms with Crippen molar-refractivity contribution in [1.82, 2.24) is 5.32 Å². The van der Waals surface area contributed by atoms with Crippen molar-refractivity contribution >= 4 is 16.7 Å². The molecule has 4 heteroatoms. The summed E-state index contributed by atoms with van der Waals surface area (Å²) in [5.41, 5.74) is 4.07.